The van der Waals surface area contributed by atoms with Crippen LogP contribution in [-0.4, -0.2) is 6.61 Å². The molecular formula is C26H21NO4. The lowest BCUT2D eigenvalue weighted by molar-refractivity contribution is 0.340. The molecule has 5 aromatic rings. The third-order valence-corrected chi connectivity index (χ3v) is 5.27. The van der Waals surface area contributed by atoms with Gasteiger partial charge in [0, 0.05) is 5.69 Å². The second-order valence-electron chi connectivity index (χ2n) is 7.30. The van der Waals surface area contributed by atoms with E-state index in [9.17, 15) is 4.79 Å². The Morgan fingerprint density at radius 1 is 0.935 bits per heavy atom. The number of hydrogen-bond donors (Lipinski definition) is 1. The van der Waals surface area contributed by atoms with E-state index in [1.54, 1.807) is 6.07 Å². The van der Waals surface area contributed by atoms with E-state index in [2.05, 4.69) is 5.32 Å². The zero-order valence-electron chi connectivity index (χ0n) is 17.3. The van der Waals surface area contributed by atoms with Crippen LogP contribution < -0.4 is 15.7 Å². The number of hydrogen-bond acceptors (Lipinski definition) is 5. The molecule has 0 spiro atoms. The van der Waals surface area contributed by atoms with Crippen molar-refractivity contribution < 1.29 is 13.6 Å². The highest BCUT2D eigenvalue weighted by molar-refractivity contribution is 6.10. The Labute approximate surface area is 178 Å². The molecule has 0 aliphatic heterocycles. The number of fused-ring (bicyclic) bond motifs is 3. The van der Waals surface area contributed by atoms with Crippen LogP contribution in [-0.2, 0) is 0 Å². The van der Waals surface area contributed by atoms with Crippen molar-refractivity contribution in [3.8, 4) is 16.9 Å². The van der Waals surface area contributed by atoms with Crippen LogP contribution in [0.1, 0.15) is 12.5 Å². The number of ether oxygens (including phenoxy) is 1. The minimum Gasteiger partial charge on any atom is -0.494 e. The molecule has 0 bridgehead atoms. The minimum atomic E-state index is -0.438. The first-order valence-corrected chi connectivity index (χ1v) is 10.2. The number of rotatable bonds is 5. The normalized spacial score (nSPS) is 11.2. The molecule has 0 aliphatic carbocycles. The molecule has 0 amide bonds. The lowest BCUT2D eigenvalue weighted by atomic mass is 10.0. The highest BCUT2D eigenvalue weighted by Crippen LogP contribution is 2.42. The van der Waals surface area contributed by atoms with Gasteiger partial charge in [-0.25, -0.2) is 4.79 Å². The molecule has 3 aromatic carbocycles. The summed E-state index contributed by atoms with van der Waals surface area (Å²) in [5.74, 6) is 1.21. The number of aryl methyl sites for hydroxylation is 1. The first-order valence-electron chi connectivity index (χ1n) is 10.2. The van der Waals surface area contributed by atoms with Gasteiger partial charge in [0.1, 0.15) is 16.7 Å². The Hall–Kier alpha value is -3.99. The van der Waals surface area contributed by atoms with Crippen molar-refractivity contribution in [2.75, 3.05) is 11.9 Å². The molecular weight excluding hydrogens is 390 g/mol. The third kappa shape index (κ3) is 3.34. The Kier molecular flexibility index (Phi) is 4.71. The number of nitrogens with one attached hydrogen (secondary N) is 1. The summed E-state index contributed by atoms with van der Waals surface area (Å²) in [7, 11) is 0. The zero-order chi connectivity index (χ0) is 21.4. The van der Waals surface area contributed by atoms with Crippen LogP contribution in [0.25, 0.3) is 33.1 Å². The van der Waals surface area contributed by atoms with Crippen LogP contribution in [0.15, 0.2) is 86.4 Å². The highest BCUT2D eigenvalue weighted by Gasteiger charge is 2.23. The SMILES string of the molecule is CCOc1cccc(-c2c(Nc3ccccc3C)oc3c2c(=O)oc2ccccc23)c1. The summed E-state index contributed by atoms with van der Waals surface area (Å²) in [6.45, 7) is 4.51. The number of benzene rings is 3. The molecule has 0 aliphatic rings. The van der Waals surface area contributed by atoms with Gasteiger partial charge in [-0.1, -0.05) is 42.5 Å². The van der Waals surface area contributed by atoms with Crippen molar-refractivity contribution in [3.05, 3.63) is 88.8 Å². The first kappa shape index (κ1) is 19.0. The molecule has 5 heteroatoms. The lowest BCUT2D eigenvalue weighted by Gasteiger charge is -2.10. The zero-order valence-corrected chi connectivity index (χ0v) is 17.3. The predicted molar refractivity (Wildman–Crippen MR) is 123 cm³/mol. The molecule has 0 atom stereocenters. The fraction of sp³-hybridized carbons (Fsp3) is 0.115. The summed E-state index contributed by atoms with van der Waals surface area (Å²) in [4.78, 5) is 13.0. The minimum absolute atomic E-state index is 0.406. The quantitative estimate of drug-likeness (QED) is 0.328. The predicted octanol–water partition coefficient (Wildman–Crippen LogP) is 6.66. The van der Waals surface area contributed by atoms with Crippen LogP contribution in [0.3, 0.4) is 0 Å². The van der Waals surface area contributed by atoms with E-state index in [0.717, 1.165) is 28.0 Å². The van der Waals surface area contributed by atoms with Gasteiger partial charge in [-0.3, -0.25) is 0 Å². The van der Waals surface area contributed by atoms with Crippen molar-refractivity contribution >= 4 is 33.5 Å². The Balaban J connectivity index is 1.82. The molecule has 0 fully saturated rings. The van der Waals surface area contributed by atoms with Gasteiger partial charge in [-0.05, 0) is 55.3 Å². The van der Waals surface area contributed by atoms with E-state index in [1.807, 2.05) is 80.6 Å². The van der Waals surface area contributed by atoms with Gasteiger partial charge in [0.2, 0.25) is 5.88 Å². The van der Waals surface area contributed by atoms with Crippen LogP contribution >= 0.6 is 0 Å². The molecule has 2 heterocycles. The fourth-order valence-corrected chi connectivity index (χ4v) is 3.82. The number of para-hydroxylation sites is 2. The average molecular weight is 411 g/mol. The lowest BCUT2D eigenvalue weighted by Crippen LogP contribution is -2.00. The topological polar surface area (TPSA) is 64.6 Å². The molecule has 0 saturated heterocycles. The maximum absolute atomic E-state index is 13.0. The van der Waals surface area contributed by atoms with E-state index < -0.39 is 5.63 Å². The van der Waals surface area contributed by atoms with Gasteiger partial charge in [0.05, 0.1) is 17.6 Å². The molecule has 0 saturated carbocycles. The van der Waals surface area contributed by atoms with Crippen LogP contribution in [0.4, 0.5) is 11.6 Å². The fourth-order valence-electron chi connectivity index (χ4n) is 3.82. The maximum Gasteiger partial charge on any atom is 0.348 e. The molecule has 0 unspecified atom stereocenters. The van der Waals surface area contributed by atoms with Gasteiger partial charge in [-0.15, -0.1) is 0 Å². The number of anilines is 2. The van der Waals surface area contributed by atoms with E-state index in [-0.39, 0.29) is 0 Å². The van der Waals surface area contributed by atoms with Gasteiger partial charge >= 0.3 is 5.63 Å². The monoisotopic (exact) mass is 411 g/mol. The average Bonchev–Trinajstić information content (AvgIpc) is 3.16. The first-order chi connectivity index (χ1) is 15.2. The van der Waals surface area contributed by atoms with Gasteiger partial charge < -0.3 is 18.9 Å². The van der Waals surface area contributed by atoms with Gasteiger partial charge in [0.25, 0.3) is 0 Å². The molecule has 154 valence electrons. The van der Waals surface area contributed by atoms with Gasteiger partial charge in [-0.2, -0.15) is 0 Å². The van der Waals surface area contributed by atoms with Crippen LogP contribution in [0, 0.1) is 6.92 Å². The second-order valence-corrected chi connectivity index (χ2v) is 7.30. The summed E-state index contributed by atoms with van der Waals surface area (Å²) < 4.78 is 17.6. The summed E-state index contributed by atoms with van der Waals surface area (Å²) in [6.07, 6.45) is 0. The summed E-state index contributed by atoms with van der Waals surface area (Å²) in [6, 6.07) is 23.0. The molecule has 5 nitrogen and oxygen atoms in total. The third-order valence-electron chi connectivity index (χ3n) is 5.27. The van der Waals surface area contributed by atoms with E-state index in [1.165, 1.54) is 0 Å². The molecule has 1 N–H and O–H groups in total. The summed E-state index contributed by atoms with van der Waals surface area (Å²) in [5, 5.41) is 4.54. The van der Waals surface area contributed by atoms with Gasteiger partial charge in [0.15, 0.2) is 5.58 Å². The van der Waals surface area contributed by atoms with E-state index >= 15 is 0 Å². The van der Waals surface area contributed by atoms with Crippen molar-refractivity contribution in [1.29, 1.82) is 0 Å². The largest absolute Gasteiger partial charge is 0.494 e. The Morgan fingerprint density at radius 2 is 1.74 bits per heavy atom. The summed E-state index contributed by atoms with van der Waals surface area (Å²) >= 11 is 0. The standard InChI is InChI=1S/C26H21NO4/c1-3-29-18-11-8-10-17(15-18)22-23-24(19-12-5-7-14-21(19)30-26(23)28)31-25(22)27-20-13-6-4-9-16(20)2/h4-15,27H,3H2,1-2H3. The van der Waals surface area contributed by atoms with E-state index in [4.69, 9.17) is 13.6 Å². The van der Waals surface area contributed by atoms with Crippen molar-refractivity contribution in [2.24, 2.45) is 0 Å². The van der Waals surface area contributed by atoms with Crippen LogP contribution in [0.5, 0.6) is 5.75 Å². The van der Waals surface area contributed by atoms with Crippen molar-refractivity contribution in [2.45, 2.75) is 13.8 Å². The maximum atomic E-state index is 13.0. The van der Waals surface area contributed by atoms with Crippen molar-refractivity contribution in [1.82, 2.24) is 0 Å². The molecule has 0 radical (unpaired) electrons. The molecule has 31 heavy (non-hydrogen) atoms. The van der Waals surface area contributed by atoms with Crippen LogP contribution in [0.2, 0.25) is 0 Å². The Bertz CT molecular complexity index is 1460. The molecule has 2 aromatic heterocycles. The highest BCUT2D eigenvalue weighted by atomic mass is 16.5. The Morgan fingerprint density at radius 3 is 2.58 bits per heavy atom. The molecule has 5 rings (SSSR count). The van der Waals surface area contributed by atoms with E-state index in [0.29, 0.717) is 34.6 Å². The smallest absolute Gasteiger partial charge is 0.348 e. The number of furan rings is 1. The second kappa shape index (κ2) is 7.69. The summed E-state index contributed by atoms with van der Waals surface area (Å²) in [5.41, 5.74) is 3.98. The van der Waals surface area contributed by atoms with Crippen molar-refractivity contribution in [3.63, 3.8) is 0 Å².